The first-order valence-electron chi connectivity index (χ1n) is 5.24. The highest BCUT2D eigenvalue weighted by atomic mass is 16.5. The summed E-state index contributed by atoms with van der Waals surface area (Å²) in [5.41, 5.74) is 1.00. The first kappa shape index (κ1) is 11.6. The molecule has 1 aromatic rings. The van der Waals surface area contributed by atoms with Crippen molar-refractivity contribution < 1.29 is 9.53 Å². The molecule has 1 rings (SSSR count). The summed E-state index contributed by atoms with van der Waals surface area (Å²) in [6, 6.07) is 7.33. The second-order valence-corrected chi connectivity index (χ2v) is 3.35. The number of carbonyl (C=O) groups is 1. The van der Waals surface area contributed by atoms with E-state index in [1.807, 2.05) is 19.2 Å². The summed E-state index contributed by atoms with van der Waals surface area (Å²) in [5, 5.41) is 3.00. The monoisotopic (exact) mass is 207 g/mol. The Morgan fingerprint density at radius 1 is 1.33 bits per heavy atom. The number of benzene rings is 1. The second-order valence-electron chi connectivity index (χ2n) is 3.35. The third kappa shape index (κ3) is 4.02. The quantitative estimate of drug-likeness (QED) is 0.596. The lowest BCUT2D eigenvalue weighted by Gasteiger charge is -2.04. The highest BCUT2D eigenvalue weighted by Crippen LogP contribution is 2.15. The lowest BCUT2D eigenvalue weighted by atomic mass is 10.2. The lowest BCUT2D eigenvalue weighted by molar-refractivity contribution is -0.134. The van der Waals surface area contributed by atoms with E-state index < -0.39 is 0 Å². The number of anilines is 1. The molecular formula is C12H17NO2. The van der Waals surface area contributed by atoms with E-state index in [0.29, 0.717) is 12.2 Å². The molecule has 0 saturated carbocycles. The fraction of sp³-hybridized carbons (Fsp3) is 0.417. The minimum absolute atomic E-state index is 0.158. The van der Waals surface area contributed by atoms with Crippen molar-refractivity contribution in [2.75, 3.05) is 12.4 Å². The molecule has 0 heterocycles. The van der Waals surface area contributed by atoms with Crippen LogP contribution in [-0.2, 0) is 4.79 Å². The Hall–Kier alpha value is -1.51. The normalized spacial score (nSPS) is 9.73. The first-order valence-corrected chi connectivity index (χ1v) is 5.24. The van der Waals surface area contributed by atoms with Crippen molar-refractivity contribution in [2.24, 2.45) is 0 Å². The molecule has 82 valence electrons. The Balaban J connectivity index is 2.46. The smallest absolute Gasteiger partial charge is 0.311 e. The van der Waals surface area contributed by atoms with Gasteiger partial charge in [-0.3, -0.25) is 4.79 Å². The maximum Gasteiger partial charge on any atom is 0.311 e. The van der Waals surface area contributed by atoms with Crippen LogP contribution in [0.5, 0.6) is 5.75 Å². The number of hydrogen-bond acceptors (Lipinski definition) is 3. The van der Waals surface area contributed by atoms with E-state index in [4.69, 9.17) is 4.74 Å². The predicted molar refractivity (Wildman–Crippen MR) is 61.1 cm³/mol. The zero-order valence-electron chi connectivity index (χ0n) is 9.25. The van der Waals surface area contributed by atoms with E-state index in [9.17, 15) is 4.79 Å². The number of rotatable bonds is 5. The summed E-state index contributed by atoms with van der Waals surface area (Å²) in [6.07, 6.45) is 2.38. The maximum absolute atomic E-state index is 11.3. The standard InChI is InChI=1S/C12H17NO2/c1-3-4-5-12(14)15-11-8-6-10(13-2)7-9-11/h6-9,13H,3-5H2,1-2H3. The van der Waals surface area contributed by atoms with Crippen molar-refractivity contribution >= 4 is 11.7 Å². The van der Waals surface area contributed by atoms with Gasteiger partial charge in [-0.1, -0.05) is 13.3 Å². The molecule has 0 saturated heterocycles. The molecule has 3 heteroatoms. The highest BCUT2D eigenvalue weighted by molar-refractivity contribution is 5.72. The maximum atomic E-state index is 11.3. The van der Waals surface area contributed by atoms with Gasteiger partial charge in [-0.25, -0.2) is 0 Å². The highest BCUT2D eigenvalue weighted by Gasteiger charge is 2.03. The van der Waals surface area contributed by atoms with Gasteiger partial charge in [-0.15, -0.1) is 0 Å². The largest absolute Gasteiger partial charge is 0.427 e. The van der Waals surface area contributed by atoms with Crippen molar-refractivity contribution in [3.05, 3.63) is 24.3 Å². The van der Waals surface area contributed by atoms with E-state index in [2.05, 4.69) is 12.2 Å². The summed E-state index contributed by atoms with van der Waals surface area (Å²) >= 11 is 0. The van der Waals surface area contributed by atoms with Gasteiger partial charge in [0.1, 0.15) is 5.75 Å². The Morgan fingerprint density at radius 2 is 2.00 bits per heavy atom. The van der Waals surface area contributed by atoms with Crippen LogP contribution in [0, 0.1) is 0 Å². The van der Waals surface area contributed by atoms with Crippen LogP contribution in [0.4, 0.5) is 5.69 Å². The van der Waals surface area contributed by atoms with Gasteiger partial charge in [0.25, 0.3) is 0 Å². The number of carbonyl (C=O) groups excluding carboxylic acids is 1. The molecule has 0 aliphatic rings. The zero-order valence-corrected chi connectivity index (χ0v) is 9.25. The summed E-state index contributed by atoms with van der Waals surface area (Å²) < 4.78 is 5.15. The molecule has 0 radical (unpaired) electrons. The predicted octanol–water partition coefficient (Wildman–Crippen LogP) is 2.82. The molecule has 1 N–H and O–H groups in total. The van der Waals surface area contributed by atoms with Gasteiger partial charge < -0.3 is 10.1 Å². The van der Waals surface area contributed by atoms with Gasteiger partial charge in [-0.05, 0) is 30.7 Å². The van der Waals surface area contributed by atoms with Crippen LogP contribution in [0.25, 0.3) is 0 Å². The van der Waals surface area contributed by atoms with E-state index >= 15 is 0 Å². The van der Waals surface area contributed by atoms with Gasteiger partial charge in [0, 0.05) is 19.2 Å². The Kier molecular flexibility index (Phi) is 4.68. The van der Waals surface area contributed by atoms with Crippen molar-refractivity contribution in [2.45, 2.75) is 26.2 Å². The molecular weight excluding hydrogens is 190 g/mol. The van der Waals surface area contributed by atoms with Crippen LogP contribution in [-0.4, -0.2) is 13.0 Å². The Labute approximate surface area is 90.4 Å². The Bertz CT molecular complexity index is 306. The molecule has 0 atom stereocenters. The van der Waals surface area contributed by atoms with Crippen molar-refractivity contribution in [3.63, 3.8) is 0 Å². The summed E-state index contributed by atoms with van der Waals surface area (Å²) in [5.74, 6) is 0.448. The van der Waals surface area contributed by atoms with Crippen LogP contribution < -0.4 is 10.1 Å². The molecule has 0 bridgehead atoms. The molecule has 0 fully saturated rings. The van der Waals surface area contributed by atoms with E-state index in [1.165, 1.54) is 0 Å². The summed E-state index contributed by atoms with van der Waals surface area (Å²) in [7, 11) is 1.85. The number of hydrogen-bond donors (Lipinski definition) is 1. The number of nitrogens with one attached hydrogen (secondary N) is 1. The van der Waals surface area contributed by atoms with Crippen LogP contribution >= 0.6 is 0 Å². The molecule has 1 aromatic carbocycles. The van der Waals surface area contributed by atoms with Crippen molar-refractivity contribution in [3.8, 4) is 5.75 Å². The van der Waals surface area contributed by atoms with Gasteiger partial charge in [0.05, 0.1) is 0 Å². The molecule has 0 aliphatic carbocycles. The molecule has 0 amide bonds. The SMILES string of the molecule is CCCCC(=O)Oc1ccc(NC)cc1. The van der Waals surface area contributed by atoms with Crippen molar-refractivity contribution in [1.29, 1.82) is 0 Å². The van der Waals surface area contributed by atoms with Crippen LogP contribution in [0.3, 0.4) is 0 Å². The lowest BCUT2D eigenvalue weighted by Crippen LogP contribution is -2.07. The average Bonchev–Trinajstić information content (AvgIpc) is 2.27. The Morgan fingerprint density at radius 3 is 2.53 bits per heavy atom. The van der Waals surface area contributed by atoms with E-state index in [1.54, 1.807) is 12.1 Å². The van der Waals surface area contributed by atoms with E-state index in [0.717, 1.165) is 18.5 Å². The number of unbranched alkanes of at least 4 members (excludes halogenated alkanes) is 1. The minimum Gasteiger partial charge on any atom is -0.427 e. The van der Waals surface area contributed by atoms with Gasteiger partial charge >= 0.3 is 5.97 Å². The van der Waals surface area contributed by atoms with Gasteiger partial charge in [0.15, 0.2) is 0 Å². The fourth-order valence-electron chi connectivity index (χ4n) is 1.19. The number of esters is 1. The van der Waals surface area contributed by atoms with Crippen LogP contribution in [0.2, 0.25) is 0 Å². The number of ether oxygens (including phenoxy) is 1. The topological polar surface area (TPSA) is 38.3 Å². The molecule has 3 nitrogen and oxygen atoms in total. The fourth-order valence-corrected chi connectivity index (χ4v) is 1.19. The zero-order chi connectivity index (χ0) is 11.1. The molecule has 0 unspecified atom stereocenters. The molecule has 15 heavy (non-hydrogen) atoms. The minimum atomic E-state index is -0.158. The average molecular weight is 207 g/mol. The first-order chi connectivity index (χ1) is 7.26. The van der Waals surface area contributed by atoms with Crippen LogP contribution in [0.1, 0.15) is 26.2 Å². The molecule has 0 aliphatic heterocycles. The van der Waals surface area contributed by atoms with Crippen LogP contribution in [0.15, 0.2) is 24.3 Å². The van der Waals surface area contributed by atoms with Gasteiger partial charge in [-0.2, -0.15) is 0 Å². The third-order valence-corrected chi connectivity index (χ3v) is 2.11. The van der Waals surface area contributed by atoms with Gasteiger partial charge in [0.2, 0.25) is 0 Å². The summed E-state index contributed by atoms with van der Waals surface area (Å²) in [6.45, 7) is 2.05. The molecule has 0 spiro atoms. The molecule has 0 aromatic heterocycles. The van der Waals surface area contributed by atoms with Crippen molar-refractivity contribution in [1.82, 2.24) is 0 Å². The van der Waals surface area contributed by atoms with E-state index in [-0.39, 0.29) is 5.97 Å². The third-order valence-electron chi connectivity index (χ3n) is 2.11. The second kappa shape index (κ2) is 6.06. The summed E-state index contributed by atoms with van der Waals surface area (Å²) in [4.78, 5) is 11.3.